The molecule has 0 saturated heterocycles. The maximum atomic E-state index is 12.0. The Labute approximate surface area is 137 Å². The van der Waals surface area contributed by atoms with Crippen LogP contribution in [-0.4, -0.2) is 18.2 Å². The summed E-state index contributed by atoms with van der Waals surface area (Å²) >= 11 is 5.90. The van der Waals surface area contributed by atoms with Crippen LogP contribution in [0.5, 0.6) is 0 Å². The van der Waals surface area contributed by atoms with Gasteiger partial charge in [0.15, 0.2) is 5.76 Å². The van der Waals surface area contributed by atoms with Crippen molar-refractivity contribution in [1.82, 2.24) is 0 Å². The lowest BCUT2D eigenvalue weighted by atomic mass is 9.99. The highest BCUT2D eigenvalue weighted by Crippen LogP contribution is 2.30. The Morgan fingerprint density at radius 2 is 1.91 bits per heavy atom. The number of allylic oxidation sites excluding steroid dienone is 3. The highest BCUT2D eigenvalue weighted by Gasteiger charge is 2.34. The molecule has 0 saturated carbocycles. The van der Waals surface area contributed by atoms with E-state index in [1.54, 1.807) is 31.2 Å². The lowest BCUT2D eigenvalue weighted by Crippen LogP contribution is -2.24. The van der Waals surface area contributed by atoms with Crippen LogP contribution >= 0.6 is 11.6 Å². The standard InChI is InChI=1S/C16H10ClN3O3/c1-2-23-16-11(9-8-10-6-4-3-5-7-10)13(19-20-18)15(22)14(21)12(16)17/h3-7H,2H2,1H3. The minimum Gasteiger partial charge on any atom is -0.491 e. The third-order valence-electron chi connectivity index (χ3n) is 2.82. The van der Waals surface area contributed by atoms with Gasteiger partial charge in [-0.3, -0.25) is 9.59 Å². The molecule has 2 rings (SSSR count). The summed E-state index contributed by atoms with van der Waals surface area (Å²) in [5.74, 6) is 3.49. The number of carbonyl (C=O) groups is 2. The molecule has 6 nitrogen and oxygen atoms in total. The van der Waals surface area contributed by atoms with Crippen molar-refractivity contribution in [2.24, 2.45) is 5.11 Å². The molecular formula is C16H10ClN3O3. The van der Waals surface area contributed by atoms with Crippen molar-refractivity contribution in [3.05, 3.63) is 68.4 Å². The first-order valence-corrected chi connectivity index (χ1v) is 6.96. The molecule has 0 aliphatic heterocycles. The van der Waals surface area contributed by atoms with Gasteiger partial charge in [-0.05, 0) is 24.6 Å². The molecule has 0 fully saturated rings. The van der Waals surface area contributed by atoms with E-state index in [1.807, 2.05) is 6.07 Å². The first-order chi connectivity index (χ1) is 11.1. The van der Waals surface area contributed by atoms with Crippen molar-refractivity contribution in [3.63, 3.8) is 0 Å². The molecule has 0 amide bonds. The summed E-state index contributed by atoms with van der Waals surface area (Å²) in [5, 5.41) is 2.92. The van der Waals surface area contributed by atoms with Crippen LogP contribution in [0.2, 0.25) is 0 Å². The zero-order chi connectivity index (χ0) is 16.8. The van der Waals surface area contributed by atoms with Crippen LogP contribution < -0.4 is 0 Å². The van der Waals surface area contributed by atoms with Gasteiger partial charge in [-0.2, -0.15) is 0 Å². The summed E-state index contributed by atoms with van der Waals surface area (Å²) in [5.41, 5.74) is 8.90. The fraction of sp³-hybridized carbons (Fsp3) is 0.125. The molecule has 7 heteroatoms. The largest absolute Gasteiger partial charge is 0.491 e. The van der Waals surface area contributed by atoms with Gasteiger partial charge >= 0.3 is 0 Å². The van der Waals surface area contributed by atoms with E-state index in [2.05, 4.69) is 21.9 Å². The van der Waals surface area contributed by atoms with Gasteiger partial charge in [-0.25, -0.2) is 0 Å². The van der Waals surface area contributed by atoms with Crippen molar-refractivity contribution in [2.45, 2.75) is 6.92 Å². The third-order valence-corrected chi connectivity index (χ3v) is 3.17. The van der Waals surface area contributed by atoms with Crippen molar-refractivity contribution in [3.8, 4) is 11.8 Å². The molecule has 1 aromatic carbocycles. The zero-order valence-corrected chi connectivity index (χ0v) is 12.8. The number of hydrogen-bond acceptors (Lipinski definition) is 4. The zero-order valence-electron chi connectivity index (χ0n) is 12.0. The van der Waals surface area contributed by atoms with Gasteiger partial charge in [-0.1, -0.05) is 46.8 Å². The maximum Gasteiger partial charge on any atom is 0.248 e. The Kier molecular flexibility index (Phi) is 5.21. The molecule has 23 heavy (non-hydrogen) atoms. The normalized spacial score (nSPS) is 14.2. The number of halogens is 1. The van der Waals surface area contributed by atoms with Gasteiger partial charge in [0.25, 0.3) is 0 Å². The average Bonchev–Trinajstić information content (AvgIpc) is 2.57. The Bertz CT molecular complexity index is 838. The van der Waals surface area contributed by atoms with Crippen molar-refractivity contribution < 1.29 is 14.3 Å². The van der Waals surface area contributed by atoms with Crippen LogP contribution in [0.25, 0.3) is 10.4 Å². The van der Waals surface area contributed by atoms with E-state index in [0.29, 0.717) is 5.56 Å². The predicted molar refractivity (Wildman–Crippen MR) is 84.0 cm³/mol. The molecule has 0 radical (unpaired) electrons. The summed E-state index contributed by atoms with van der Waals surface area (Å²) in [6.45, 7) is 1.89. The summed E-state index contributed by atoms with van der Waals surface area (Å²) in [7, 11) is 0. The number of hydrogen-bond donors (Lipinski definition) is 0. The monoisotopic (exact) mass is 327 g/mol. The maximum absolute atomic E-state index is 12.0. The van der Waals surface area contributed by atoms with E-state index >= 15 is 0 Å². The molecule has 0 unspecified atom stereocenters. The highest BCUT2D eigenvalue weighted by molar-refractivity contribution is 6.62. The van der Waals surface area contributed by atoms with E-state index in [1.165, 1.54) is 0 Å². The molecule has 1 aliphatic rings. The van der Waals surface area contributed by atoms with Gasteiger partial charge in [0.1, 0.15) is 10.7 Å². The van der Waals surface area contributed by atoms with Crippen LogP contribution in [0.3, 0.4) is 0 Å². The quantitative estimate of drug-likeness (QED) is 0.213. The van der Waals surface area contributed by atoms with Crippen LogP contribution in [0.1, 0.15) is 12.5 Å². The second-order valence-electron chi connectivity index (χ2n) is 4.26. The molecule has 0 spiro atoms. The predicted octanol–water partition coefficient (Wildman–Crippen LogP) is 3.24. The van der Waals surface area contributed by atoms with E-state index in [-0.39, 0.29) is 23.0 Å². The fourth-order valence-electron chi connectivity index (χ4n) is 1.83. The minimum absolute atomic E-state index is 0.00287. The SMILES string of the molecule is CCOC1=C(Cl)C(=O)C(=O)C(N=[N+]=[N-])=C1C#Cc1ccccc1. The summed E-state index contributed by atoms with van der Waals surface area (Å²) in [4.78, 5) is 26.4. The Balaban J connectivity index is 2.65. The van der Waals surface area contributed by atoms with Crippen LogP contribution in [0, 0.1) is 11.8 Å². The average molecular weight is 328 g/mol. The molecule has 1 aromatic rings. The van der Waals surface area contributed by atoms with E-state index in [0.717, 1.165) is 0 Å². The number of ketones is 2. The number of nitrogens with zero attached hydrogens (tertiary/aromatic N) is 3. The molecular weight excluding hydrogens is 318 g/mol. The number of ether oxygens (including phenoxy) is 1. The number of rotatable bonds is 3. The summed E-state index contributed by atoms with van der Waals surface area (Å²) in [6.07, 6.45) is 0. The molecule has 114 valence electrons. The Morgan fingerprint density at radius 3 is 2.52 bits per heavy atom. The minimum atomic E-state index is -1.01. The lowest BCUT2D eigenvalue weighted by molar-refractivity contribution is -0.132. The highest BCUT2D eigenvalue weighted by atomic mass is 35.5. The number of azide groups is 1. The molecule has 0 heterocycles. The van der Waals surface area contributed by atoms with Gasteiger partial charge in [0, 0.05) is 10.5 Å². The smallest absolute Gasteiger partial charge is 0.248 e. The van der Waals surface area contributed by atoms with E-state index < -0.39 is 17.3 Å². The van der Waals surface area contributed by atoms with Gasteiger partial charge in [0.05, 0.1) is 12.2 Å². The summed E-state index contributed by atoms with van der Waals surface area (Å²) in [6, 6.07) is 8.97. The van der Waals surface area contributed by atoms with Crippen molar-refractivity contribution >= 4 is 23.2 Å². The molecule has 0 N–H and O–H groups in total. The summed E-state index contributed by atoms with van der Waals surface area (Å²) < 4.78 is 5.32. The number of carbonyl (C=O) groups excluding carboxylic acids is 2. The van der Waals surface area contributed by atoms with Gasteiger partial charge < -0.3 is 4.74 Å². The molecule has 0 aromatic heterocycles. The molecule has 1 aliphatic carbocycles. The number of Topliss-reactive ketones (excluding diaryl/α,β-unsaturated/α-hetero) is 2. The van der Waals surface area contributed by atoms with Gasteiger partial charge in [0.2, 0.25) is 11.6 Å². The topological polar surface area (TPSA) is 92.1 Å². The Hall–Kier alpha value is -3.00. The second kappa shape index (κ2) is 7.32. The van der Waals surface area contributed by atoms with Crippen LogP contribution in [-0.2, 0) is 14.3 Å². The molecule has 0 atom stereocenters. The third kappa shape index (κ3) is 3.43. The first kappa shape index (κ1) is 16.4. The van der Waals surface area contributed by atoms with Crippen molar-refractivity contribution in [1.29, 1.82) is 0 Å². The lowest BCUT2D eigenvalue weighted by Gasteiger charge is -2.16. The van der Waals surface area contributed by atoms with E-state index in [9.17, 15) is 9.59 Å². The van der Waals surface area contributed by atoms with Gasteiger partial charge in [-0.15, -0.1) is 0 Å². The van der Waals surface area contributed by atoms with Crippen LogP contribution in [0.4, 0.5) is 0 Å². The first-order valence-electron chi connectivity index (χ1n) is 6.58. The van der Waals surface area contributed by atoms with Crippen molar-refractivity contribution in [2.75, 3.05) is 6.61 Å². The van der Waals surface area contributed by atoms with E-state index in [4.69, 9.17) is 21.9 Å². The fourth-order valence-corrected chi connectivity index (χ4v) is 2.07. The second-order valence-corrected chi connectivity index (χ2v) is 4.64. The Morgan fingerprint density at radius 1 is 1.22 bits per heavy atom. The molecule has 0 bridgehead atoms. The number of benzene rings is 1. The van der Waals surface area contributed by atoms with Crippen LogP contribution in [0.15, 0.2) is 57.5 Å².